The molecule has 0 aliphatic carbocycles. The lowest BCUT2D eigenvalue weighted by atomic mass is 9.78. The van der Waals surface area contributed by atoms with E-state index in [0.717, 1.165) is 45.1 Å². The Balaban J connectivity index is 1.82. The number of benzene rings is 1. The molecule has 122 valence electrons. The topological polar surface area (TPSA) is 36.1 Å². The fourth-order valence-electron chi connectivity index (χ4n) is 4.74. The van der Waals surface area contributed by atoms with Gasteiger partial charge in [0.2, 0.25) is 5.91 Å². The Morgan fingerprint density at radius 3 is 3.00 bits per heavy atom. The quantitative estimate of drug-likeness (QED) is 0.878. The highest BCUT2D eigenvalue weighted by Gasteiger charge is 2.46. The van der Waals surface area contributed by atoms with Gasteiger partial charge in [-0.1, -0.05) is 31.5 Å². The molecule has 3 heterocycles. The second kappa shape index (κ2) is 5.40. The van der Waals surface area contributed by atoms with Crippen molar-refractivity contribution in [1.82, 2.24) is 9.88 Å². The number of carbonyl (C=O) groups is 1. The molecule has 1 fully saturated rings. The summed E-state index contributed by atoms with van der Waals surface area (Å²) in [6, 6.07) is 8.57. The summed E-state index contributed by atoms with van der Waals surface area (Å²) in [4.78, 5) is 18.9. The predicted molar refractivity (Wildman–Crippen MR) is 93.3 cm³/mol. The molecule has 4 rings (SSSR count). The molecule has 2 aliphatic heterocycles. The van der Waals surface area contributed by atoms with Crippen LogP contribution in [0.5, 0.6) is 0 Å². The number of carbonyl (C=O) groups excluding carboxylic acids is 1. The van der Waals surface area contributed by atoms with E-state index in [-0.39, 0.29) is 11.5 Å². The van der Waals surface area contributed by atoms with E-state index < -0.39 is 0 Å². The van der Waals surface area contributed by atoms with Crippen molar-refractivity contribution in [3.63, 3.8) is 0 Å². The maximum Gasteiger partial charge on any atom is 0.226 e. The number of aryl methyl sites for hydroxylation is 1. The molecular formula is C20H26N2O. The molecule has 1 N–H and O–H groups in total. The average molecular weight is 310 g/mol. The average Bonchev–Trinajstić information content (AvgIpc) is 2.86. The van der Waals surface area contributed by atoms with Crippen LogP contribution < -0.4 is 0 Å². The molecule has 23 heavy (non-hydrogen) atoms. The van der Waals surface area contributed by atoms with Crippen molar-refractivity contribution in [3.8, 4) is 0 Å². The zero-order valence-electron chi connectivity index (χ0n) is 14.2. The van der Waals surface area contributed by atoms with Crippen LogP contribution in [-0.4, -0.2) is 22.3 Å². The molecule has 1 aromatic carbocycles. The lowest BCUT2D eigenvalue weighted by Crippen LogP contribution is -2.53. The second-order valence-corrected chi connectivity index (χ2v) is 7.42. The standard InChI is InChI=1S/C20H26N2O/c1-3-7-14-11-12-20(2)18-16(9-6-13-22(20)19(14)23)15-8-4-5-10-17(15)21-18/h4-5,8,10,14,21H,3,6-7,9,11-13H2,1-2H3/t14-,20-/m0/s1. The van der Waals surface area contributed by atoms with Gasteiger partial charge in [-0.05, 0) is 50.7 Å². The van der Waals surface area contributed by atoms with Crippen molar-refractivity contribution in [2.24, 2.45) is 5.92 Å². The van der Waals surface area contributed by atoms with Gasteiger partial charge in [0.05, 0.1) is 5.54 Å². The van der Waals surface area contributed by atoms with Gasteiger partial charge in [0.1, 0.15) is 0 Å². The summed E-state index contributed by atoms with van der Waals surface area (Å²) >= 11 is 0. The van der Waals surface area contributed by atoms with Crippen LogP contribution in [0, 0.1) is 5.92 Å². The van der Waals surface area contributed by atoms with Gasteiger partial charge < -0.3 is 9.88 Å². The van der Waals surface area contributed by atoms with E-state index in [4.69, 9.17) is 0 Å². The number of aromatic nitrogens is 1. The van der Waals surface area contributed by atoms with Crippen molar-refractivity contribution in [1.29, 1.82) is 0 Å². The second-order valence-electron chi connectivity index (χ2n) is 7.42. The van der Waals surface area contributed by atoms with Gasteiger partial charge in [-0.2, -0.15) is 0 Å². The third kappa shape index (κ3) is 2.13. The maximum absolute atomic E-state index is 13.0. The number of piperidine rings is 1. The molecule has 1 aromatic heterocycles. The molecule has 2 atom stereocenters. The summed E-state index contributed by atoms with van der Waals surface area (Å²) in [5, 5.41) is 1.34. The van der Waals surface area contributed by atoms with Crippen LogP contribution in [0.2, 0.25) is 0 Å². The van der Waals surface area contributed by atoms with Crippen LogP contribution >= 0.6 is 0 Å². The van der Waals surface area contributed by atoms with E-state index >= 15 is 0 Å². The van der Waals surface area contributed by atoms with Gasteiger partial charge in [-0.25, -0.2) is 0 Å². The Labute approximate surface area is 138 Å². The smallest absolute Gasteiger partial charge is 0.226 e. The molecule has 0 unspecified atom stereocenters. The third-order valence-electron chi connectivity index (χ3n) is 5.99. The van der Waals surface area contributed by atoms with E-state index in [0.29, 0.717) is 5.91 Å². The van der Waals surface area contributed by atoms with Gasteiger partial charge in [0.15, 0.2) is 0 Å². The first kappa shape index (κ1) is 14.8. The van der Waals surface area contributed by atoms with Crippen LogP contribution in [0.1, 0.15) is 57.2 Å². The van der Waals surface area contributed by atoms with Crippen LogP contribution in [-0.2, 0) is 16.8 Å². The van der Waals surface area contributed by atoms with Crippen molar-refractivity contribution in [3.05, 3.63) is 35.5 Å². The van der Waals surface area contributed by atoms with Gasteiger partial charge in [0.25, 0.3) is 0 Å². The summed E-state index contributed by atoms with van der Waals surface area (Å²) < 4.78 is 0. The lowest BCUT2D eigenvalue weighted by molar-refractivity contribution is -0.148. The molecule has 3 nitrogen and oxygen atoms in total. The summed E-state index contributed by atoms with van der Waals surface area (Å²) in [6.07, 6.45) is 6.35. The summed E-state index contributed by atoms with van der Waals surface area (Å²) in [5.41, 5.74) is 3.78. The zero-order chi connectivity index (χ0) is 16.0. The monoisotopic (exact) mass is 310 g/mol. The Hall–Kier alpha value is -1.77. The molecule has 2 aliphatic rings. The molecule has 0 radical (unpaired) electrons. The number of hydrogen-bond donors (Lipinski definition) is 1. The van der Waals surface area contributed by atoms with E-state index in [1.807, 2.05) is 0 Å². The summed E-state index contributed by atoms with van der Waals surface area (Å²) in [6.45, 7) is 5.35. The number of nitrogens with zero attached hydrogens (tertiary/aromatic N) is 1. The van der Waals surface area contributed by atoms with E-state index in [2.05, 4.69) is 48.0 Å². The van der Waals surface area contributed by atoms with E-state index in [1.165, 1.54) is 22.2 Å². The van der Waals surface area contributed by atoms with Crippen molar-refractivity contribution < 1.29 is 4.79 Å². The Morgan fingerprint density at radius 2 is 2.17 bits per heavy atom. The molecular weight excluding hydrogens is 284 g/mol. The number of H-pyrrole nitrogens is 1. The first-order valence-electron chi connectivity index (χ1n) is 9.06. The van der Waals surface area contributed by atoms with Crippen molar-refractivity contribution in [2.75, 3.05) is 6.54 Å². The van der Waals surface area contributed by atoms with E-state index in [1.54, 1.807) is 0 Å². The fourth-order valence-corrected chi connectivity index (χ4v) is 4.74. The minimum atomic E-state index is -0.161. The fraction of sp³-hybridized carbons (Fsp3) is 0.550. The van der Waals surface area contributed by atoms with Gasteiger partial charge in [-0.3, -0.25) is 4.79 Å². The number of fused-ring (bicyclic) bond motifs is 5. The molecule has 0 bridgehead atoms. The number of amides is 1. The minimum absolute atomic E-state index is 0.161. The number of aromatic amines is 1. The van der Waals surface area contributed by atoms with Crippen LogP contribution in [0.3, 0.4) is 0 Å². The molecule has 2 aromatic rings. The predicted octanol–water partition coefficient (Wildman–Crippen LogP) is 4.37. The highest BCUT2D eigenvalue weighted by atomic mass is 16.2. The molecule has 0 saturated carbocycles. The van der Waals surface area contributed by atoms with Crippen LogP contribution in [0.15, 0.2) is 24.3 Å². The Bertz CT molecular complexity index is 747. The largest absolute Gasteiger partial charge is 0.356 e. The number of hydrogen-bond acceptors (Lipinski definition) is 1. The van der Waals surface area contributed by atoms with Gasteiger partial charge in [-0.15, -0.1) is 0 Å². The first-order valence-corrected chi connectivity index (χ1v) is 9.06. The molecule has 0 spiro atoms. The van der Waals surface area contributed by atoms with Crippen LogP contribution in [0.25, 0.3) is 10.9 Å². The number of rotatable bonds is 2. The third-order valence-corrected chi connectivity index (χ3v) is 5.99. The van der Waals surface area contributed by atoms with Crippen LogP contribution in [0.4, 0.5) is 0 Å². The normalized spacial score (nSPS) is 27.7. The molecule has 3 heteroatoms. The first-order chi connectivity index (χ1) is 11.1. The number of para-hydroxylation sites is 1. The van der Waals surface area contributed by atoms with Gasteiger partial charge in [0, 0.05) is 29.1 Å². The summed E-state index contributed by atoms with van der Waals surface area (Å²) in [5.74, 6) is 0.617. The maximum atomic E-state index is 13.0. The SMILES string of the molecule is CCC[C@H]1CC[C@@]2(C)c3[nH]c4ccccc4c3CCCN2C1=O. The highest BCUT2D eigenvalue weighted by molar-refractivity contribution is 5.86. The zero-order valence-corrected chi connectivity index (χ0v) is 14.2. The molecule has 1 saturated heterocycles. The highest BCUT2D eigenvalue weighted by Crippen LogP contribution is 2.45. The molecule has 1 amide bonds. The van der Waals surface area contributed by atoms with Crippen molar-refractivity contribution >= 4 is 16.8 Å². The minimum Gasteiger partial charge on any atom is -0.356 e. The van der Waals surface area contributed by atoms with Gasteiger partial charge >= 0.3 is 0 Å². The number of nitrogens with one attached hydrogen (secondary N) is 1. The van der Waals surface area contributed by atoms with Crippen molar-refractivity contribution in [2.45, 2.75) is 57.9 Å². The summed E-state index contributed by atoms with van der Waals surface area (Å²) in [7, 11) is 0. The Kier molecular flexibility index (Phi) is 3.47. The lowest BCUT2D eigenvalue weighted by Gasteiger charge is -2.46. The Morgan fingerprint density at radius 1 is 1.35 bits per heavy atom. The van der Waals surface area contributed by atoms with E-state index in [9.17, 15) is 4.79 Å².